The minimum atomic E-state index is 0.0141. The van der Waals surface area contributed by atoms with Crippen molar-refractivity contribution in [2.24, 2.45) is 5.92 Å². The SMILES string of the molecule is CCCCCCCCC(CCCCCCCC)OC(=O)CCCCCCCC(=O)CCCCCCCCCCC(C)CCCCCC. The van der Waals surface area contributed by atoms with Crippen molar-refractivity contribution in [2.45, 2.75) is 265 Å². The number of carbonyl (C=O) groups is 2. The molecule has 0 aromatic carbocycles. The van der Waals surface area contributed by atoms with Gasteiger partial charge in [0.1, 0.15) is 11.9 Å². The fraction of sp³-hybridized carbons (Fsp3) is 0.955. The molecule has 1 atom stereocenters. The predicted molar refractivity (Wildman–Crippen MR) is 207 cm³/mol. The molecule has 0 radical (unpaired) electrons. The largest absolute Gasteiger partial charge is 0.462 e. The van der Waals surface area contributed by atoms with Crippen molar-refractivity contribution in [2.75, 3.05) is 0 Å². The quantitative estimate of drug-likeness (QED) is 0.0486. The first-order chi connectivity index (χ1) is 23.0. The van der Waals surface area contributed by atoms with Crippen molar-refractivity contribution in [3.8, 4) is 0 Å². The van der Waals surface area contributed by atoms with Gasteiger partial charge in [-0.3, -0.25) is 9.59 Å². The highest BCUT2D eigenvalue weighted by Gasteiger charge is 2.14. The Bertz CT molecular complexity index is 628. The summed E-state index contributed by atoms with van der Waals surface area (Å²) >= 11 is 0. The lowest BCUT2D eigenvalue weighted by Crippen LogP contribution is -2.18. The van der Waals surface area contributed by atoms with Gasteiger partial charge in [0.25, 0.3) is 0 Å². The molecule has 0 spiro atoms. The lowest BCUT2D eigenvalue weighted by atomic mass is 9.96. The highest BCUT2D eigenvalue weighted by molar-refractivity contribution is 5.78. The van der Waals surface area contributed by atoms with Gasteiger partial charge in [-0.05, 0) is 50.9 Å². The van der Waals surface area contributed by atoms with E-state index in [9.17, 15) is 9.59 Å². The number of Topliss-reactive ketones (excluding diaryl/α,β-unsaturated/α-hetero) is 1. The van der Waals surface area contributed by atoms with E-state index in [1.807, 2.05) is 0 Å². The Balaban J connectivity index is 3.74. The minimum absolute atomic E-state index is 0.0141. The van der Waals surface area contributed by atoms with Gasteiger partial charge in [0.15, 0.2) is 0 Å². The van der Waals surface area contributed by atoms with Crippen LogP contribution in [-0.4, -0.2) is 17.9 Å². The van der Waals surface area contributed by atoms with Gasteiger partial charge in [-0.2, -0.15) is 0 Å². The van der Waals surface area contributed by atoms with Crippen LogP contribution in [-0.2, 0) is 14.3 Å². The molecule has 3 nitrogen and oxygen atoms in total. The number of hydrogen-bond acceptors (Lipinski definition) is 3. The summed E-state index contributed by atoms with van der Waals surface area (Å²) < 4.78 is 5.99. The van der Waals surface area contributed by atoms with Crippen LogP contribution < -0.4 is 0 Å². The van der Waals surface area contributed by atoms with Gasteiger partial charge in [0.2, 0.25) is 0 Å². The third-order valence-corrected chi connectivity index (χ3v) is 10.3. The molecule has 0 amide bonds. The molecule has 0 saturated heterocycles. The summed E-state index contributed by atoms with van der Waals surface area (Å²) in [6, 6.07) is 0. The average molecular weight is 663 g/mol. The molecule has 0 aliphatic rings. The molecule has 3 heteroatoms. The summed E-state index contributed by atoms with van der Waals surface area (Å²) in [5.41, 5.74) is 0. The normalized spacial score (nSPS) is 12.2. The molecule has 0 aliphatic carbocycles. The van der Waals surface area contributed by atoms with Crippen molar-refractivity contribution in [3.63, 3.8) is 0 Å². The van der Waals surface area contributed by atoms with E-state index < -0.39 is 0 Å². The van der Waals surface area contributed by atoms with E-state index in [1.165, 1.54) is 161 Å². The van der Waals surface area contributed by atoms with Crippen molar-refractivity contribution in [1.29, 1.82) is 0 Å². The van der Waals surface area contributed by atoms with E-state index in [2.05, 4.69) is 27.7 Å². The van der Waals surface area contributed by atoms with Crippen molar-refractivity contribution in [3.05, 3.63) is 0 Å². The second-order valence-corrected chi connectivity index (χ2v) is 15.4. The Hall–Kier alpha value is -0.860. The highest BCUT2D eigenvalue weighted by atomic mass is 16.5. The van der Waals surface area contributed by atoms with E-state index in [-0.39, 0.29) is 12.1 Å². The molecule has 0 heterocycles. The Morgan fingerprint density at radius 1 is 0.383 bits per heavy atom. The summed E-state index contributed by atoms with van der Waals surface area (Å²) in [7, 11) is 0. The van der Waals surface area contributed by atoms with Crippen LogP contribution in [0, 0.1) is 5.92 Å². The molecule has 47 heavy (non-hydrogen) atoms. The Morgan fingerprint density at radius 2 is 0.681 bits per heavy atom. The summed E-state index contributed by atoms with van der Waals surface area (Å²) in [5.74, 6) is 1.39. The molecule has 0 saturated carbocycles. The predicted octanol–water partition coefficient (Wildman–Crippen LogP) is 15.2. The molecule has 0 bridgehead atoms. The zero-order chi connectivity index (χ0) is 34.5. The van der Waals surface area contributed by atoms with Crippen LogP contribution in [0.2, 0.25) is 0 Å². The van der Waals surface area contributed by atoms with Gasteiger partial charge in [0.05, 0.1) is 0 Å². The van der Waals surface area contributed by atoms with Gasteiger partial charge in [-0.25, -0.2) is 0 Å². The summed E-state index contributed by atoms with van der Waals surface area (Å²) in [6.07, 6.45) is 44.0. The minimum Gasteiger partial charge on any atom is -0.462 e. The first kappa shape index (κ1) is 46.1. The summed E-state index contributed by atoms with van der Waals surface area (Å²) in [5, 5.41) is 0. The molecule has 0 N–H and O–H groups in total. The van der Waals surface area contributed by atoms with E-state index in [0.29, 0.717) is 12.2 Å². The van der Waals surface area contributed by atoms with Gasteiger partial charge in [-0.1, -0.05) is 195 Å². The maximum Gasteiger partial charge on any atom is 0.306 e. The number of rotatable bonds is 39. The van der Waals surface area contributed by atoms with E-state index in [1.54, 1.807) is 0 Å². The maximum absolute atomic E-state index is 12.6. The van der Waals surface area contributed by atoms with Gasteiger partial charge >= 0.3 is 5.97 Å². The number of ketones is 1. The van der Waals surface area contributed by atoms with Crippen LogP contribution in [0.3, 0.4) is 0 Å². The first-order valence-electron chi connectivity index (χ1n) is 21.7. The van der Waals surface area contributed by atoms with Crippen LogP contribution in [0.1, 0.15) is 259 Å². The fourth-order valence-electron chi connectivity index (χ4n) is 7.00. The number of carbonyl (C=O) groups excluding carboxylic acids is 2. The summed E-state index contributed by atoms with van der Waals surface area (Å²) in [6.45, 7) is 9.26. The monoisotopic (exact) mass is 663 g/mol. The van der Waals surface area contributed by atoms with Crippen molar-refractivity contribution < 1.29 is 14.3 Å². The molecule has 1 unspecified atom stereocenters. The van der Waals surface area contributed by atoms with Gasteiger partial charge in [0, 0.05) is 19.3 Å². The molecule has 0 aromatic heterocycles. The molecule has 0 aliphatic heterocycles. The summed E-state index contributed by atoms with van der Waals surface area (Å²) in [4.78, 5) is 24.9. The van der Waals surface area contributed by atoms with Crippen molar-refractivity contribution in [1.82, 2.24) is 0 Å². The standard InChI is InChI=1S/C44H86O3/c1-5-8-11-14-24-31-38-43(39-32-25-15-12-9-6-2)47-44(46)40-33-26-20-23-30-37-42(45)36-29-22-19-17-16-18-21-28-35-41(4)34-27-13-10-7-3/h41,43H,5-40H2,1-4H3. The Kier molecular flexibility index (Phi) is 37.3. The van der Waals surface area contributed by atoms with E-state index in [4.69, 9.17) is 4.74 Å². The smallest absolute Gasteiger partial charge is 0.306 e. The maximum atomic E-state index is 12.6. The Labute approximate surface area is 296 Å². The lowest BCUT2D eigenvalue weighted by Gasteiger charge is -2.18. The highest BCUT2D eigenvalue weighted by Crippen LogP contribution is 2.20. The molecule has 0 aromatic rings. The van der Waals surface area contributed by atoms with Gasteiger partial charge in [-0.15, -0.1) is 0 Å². The number of esters is 1. The lowest BCUT2D eigenvalue weighted by molar-refractivity contribution is -0.150. The molecular weight excluding hydrogens is 576 g/mol. The molecular formula is C44H86O3. The first-order valence-corrected chi connectivity index (χ1v) is 21.7. The topological polar surface area (TPSA) is 43.4 Å². The average Bonchev–Trinajstić information content (AvgIpc) is 3.06. The van der Waals surface area contributed by atoms with Crippen LogP contribution in [0.15, 0.2) is 0 Å². The second-order valence-electron chi connectivity index (χ2n) is 15.4. The molecule has 0 rings (SSSR count). The zero-order valence-corrected chi connectivity index (χ0v) is 32.8. The third-order valence-electron chi connectivity index (χ3n) is 10.3. The Morgan fingerprint density at radius 3 is 1.09 bits per heavy atom. The second kappa shape index (κ2) is 38.0. The van der Waals surface area contributed by atoms with Crippen LogP contribution in [0.25, 0.3) is 0 Å². The van der Waals surface area contributed by atoms with Crippen LogP contribution in [0.4, 0.5) is 0 Å². The van der Waals surface area contributed by atoms with Crippen LogP contribution >= 0.6 is 0 Å². The molecule has 280 valence electrons. The van der Waals surface area contributed by atoms with E-state index >= 15 is 0 Å². The number of unbranched alkanes of at least 4 members (excludes halogenated alkanes) is 24. The van der Waals surface area contributed by atoms with Gasteiger partial charge < -0.3 is 4.74 Å². The zero-order valence-electron chi connectivity index (χ0n) is 32.8. The molecule has 0 fully saturated rings. The number of hydrogen-bond donors (Lipinski definition) is 0. The number of ether oxygens (including phenoxy) is 1. The van der Waals surface area contributed by atoms with Crippen molar-refractivity contribution >= 4 is 11.8 Å². The van der Waals surface area contributed by atoms with Crippen LogP contribution in [0.5, 0.6) is 0 Å². The fourth-order valence-corrected chi connectivity index (χ4v) is 7.00. The third kappa shape index (κ3) is 36.3. The van der Waals surface area contributed by atoms with E-state index in [0.717, 1.165) is 70.1 Å².